The predicted molar refractivity (Wildman–Crippen MR) is 74.0 cm³/mol. The molecule has 0 atom stereocenters. The first kappa shape index (κ1) is 16.6. The maximum atomic E-state index is 12.3. The number of ether oxygens (including phenoxy) is 1. The Morgan fingerprint density at radius 3 is 2.50 bits per heavy atom. The Hall–Kier alpha value is -1.44. The van der Waals surface area contributed by atoms with Crippen LogP contribution < -0.4 is 4.72 Å². The summed E-state index contributed by atoms with van der Waals surface area (Å²) in [7, 11) is -2.62. The third kappa shape index (κ3) is 3.78. The van der Waals surface area contributed by atoms with E-state index in [0.717, 1.165) is 0 Å². The molecule has 1 aromatic rings. The molecule has 0 aromatic heterocycles. The van der Waals surface area contributed by atoms with Crippen LogP contribution >= 0.6 is 0 Å². The highest BCUT2D eigenvalue weighted by atomic mass is 32.2. The van der Waals surface area contributed by atoms with Crippen molar-refractivity contribution in [3.8, 4) is 0 Å². The van der Waals surface area contributed by atoms with Gasteiger partial charge in [-0.15, -0.1) is 0 Å². The molecule has 1 rings (SSSR count). The van der Waals surface area contributed by atoms with Crippen molar-refractivity contribution in [1.29, 1.82) is 0 Å². The number of carbonyl (C=O) groups excluding carboxylic acids is 1. The van der Waals surface area contributed by atoms with Crippen LogP contribution in [0, 0.1) is 6.92 Å². The maximum absolute atomic E-state index is 12.3. The minimum atomic E-state index is -3.84. The maximum Gasteiger partial charge on any atom is 0.337 e. The van der Waals surface area contributed by atoms with E-state index in [1.165, 1.54) is 25.3 Å². The Kier molecular flexibility index (Phi) is 4.90. The summed E-state index contributed by atoms with van der Waals surface area (Å²) in [6, 6.07) is 4.29. The Bertz CT molecular complexity index is 607. The minimum absolute atomic E-state index is 0.0121. The zero-order chi connectivity index (χ0) is 15.6. The molecule has 112 valence electrons. The van der Waals surface area contributed by atoms with Gasteiger partial charge in [0.1, 0.15) is 0 Å². The van der Waals surface area contributed by atoms with E-state index >= 15 is 0 Å². The Balaban J connectivity index is 3.28. The molecular weight excluding hydrogens is 282 g/mol. The zero-order valence-corrected chi connectivity index (χ0v) is 12.7. The highest BCUT2D eigenvalue weighted by molar-refractivity contribution is 7.89. The van der Waals surface area contributed by atoms with Crippen LogP contribution in [-0.2, 0) is 14.8 Å². The number of rotatable bonds is 5. The molecule has 6 nitrogen and oxygen atoms in total. The normalized spacial score (nSPS) is 12.2. The van der Waals surface area contributed by atoms with Crippen molar-refractivity contribution >= 4 is 16.0 Å². The number of carbonyl (C=O) groups is 1. The first-order valence-corrected chi connectivity index (χ1v) is 7.45. The van der Waals surface area contributed by atoms with E-state index in [1.807, 2.05) is 0 Å². The highest BCUT2D eigenvalue weighted by Crippen LogP contribution is 2.19. The van der Waals surface area contributed by atoms with Gasteiger partial charge in [-0.3, -0.25) is 0 Å². The lowest BCUT2D eigenvalue weighted by atomic mass is 10.1. The Morgan fingerprint density at radius 1 is 1.40 bits per heavy atom. The summed E-state index contributed by atoms with van der Waals surface area (Å²) >= 11 is 0. The fraction of sp³-hybridized carbons (Fsp3) is 0.462. The van der Waals surface area contributed by atoms with E-state index in [0.29, 0.717) is 5.56 Å². The molecule has 0 spiro atoms. The zero-order valence-electron chi connectivity index (χ0n) is 11.9. The topological polar surface area (TPSA) is 92.7 Å². The molecule has 0 aliphatic rings. The van der Waals surface area contributed by atoms with E-state index in [4.69, 9.17) is 5.11 Å². The third-order valence-corrected chi connectivity index (χ3v) is 4.54. The molecule has 1 aromatic carbocycles. The molecule has 0 heterocycles. The second kappa shape index (κ2) is 5.90. The number of nitrogens with one attached hydrogen (secondary N) is 1. The van der Waals surface area contributed by atoms with Gasteiger partial charge in [0.25, 0.3) is 0 Å². The van der Waals surface area contributed by atoms with E-state index in [-0.39, 0.29) is 17.1 Å². The van der Waals surface area contributed by atoms with Gasteiger partial charge in [-0.05, 0) is 38.5 Å². The number of esters is 1. The van der Waals surface area contributed by atoms with Gasteiger partial charge in [-0.2, -0.15) is 0 Å². The second-order valence-corrected chi connectivity index (χ2v) is 6.77. The van der Waals surface area contributed by atoms with Crippen LogP contribution in [0.5, 0.6) is 0 Å². The molecule has 0 aliphatic carbocycles. The summed E-state index contributed by atoms with van der Waals surface area (Å²) in [6.07, 6.45) is 0. The predicted octanol–water partition coefficient (Wildman–Crippen LogP) is 0.831. The van der Waals surface area contributed by atoms with Gasteiger partial charge < -0.3 is 9.84 Å². The van der Waals surface area contributed by atoms with E-state index < -0.39 is 21.5 Å². The number of aliphatic hydroxyl groups is 1. The van der Waals surface area contributed by atoms with Crippen molar-refractivity contribution in [1.82, 2.24) is 4.72 Å². The van der Waals surface area contributed by atoms with Crippen LogP contribution in [0.25, 0.3) is 0 Å². The van der Waals surface area contributed by atoms with Gasteiger partial charge in [-0.25, -0.2) is 17.9 Å². The van der Waals surface area contributed by atoms with Crippen LogP contribution in [0.15, 0.2) is 23.1 Å². The standard InChI is InChI=1S/C13H19NO5S/c1-9-5-6-10(12(16)19-4)7-11(9)20(17,18)14-13(2,3)8-15/h5-7,14-15H,8H2,1-4H3. The van der Waals surface area contributed by atoms with Gasteiger partial charge in [-0.1, -0.05) is 6.07 Å². The van der Waals surface area contributed by atoms with Crippen molar-refractivity contribution in [2.45, 2.75) is 31.2 Å². The monoisotopic (exact) mass is 301 g/mol. The summed E-state index contributed by atoms with van der Waals surface area (Å²) in [5.74, 6) is -0.608. The molecule has 0 unspecified atom stereocenters. The molecule has 0 saturated carbocycles. The average molecular weight is 301 g/mol. The van der Waals surface area contributed by atoms with Crippen LogP contribution in [0.4, 0.5) is 0 Å². The van der Waals surface area contributed by atoms with Crippen molar-refractivity contribution < 1.29 is 23.1 Å². The molecule has 2 N–H and O–H groups in total. The lowest BCUT2D eigenvalue weighted by Gasteiger charge is -2.23. The van der Waals surface area contributed by atoms with Gasteiger partial charge in [0.2, 0.25) is 10.0 Å². The van der Waals surface area contributed by atoms with Crippen LogP contribution in [-0.4, -0.2) is 38.7 Å². The fourth-order valence-corrected chi connectivity index (χ4v) is 3.26. The molecule has 0 saturated heterocycles. The number of sulfonamides is 1. The third-order valence-electron chi connectivity index (χ3n) is 2.70. The molecule has 20 heavy (non-hydrogen) atoms. The summed E-state index contributed by atoms with van der Waals surface area (Å²) in [5, 5.41) is 9.15. The molecule has 0 radical (unpaired) electrons. The van der Waals surface area contributed by atoms with Gasteiger partial charge in [0, 0.05) is 0 Å². The molecular formula is C13H19NO5S. The van der Waals surface area contributed by atoms with Crippen LogP contribution in [0.3, 0.4) is 0 Å². The summed E-state index contributed by atoms with van der Waals surface area (Å²) in [5.41, 5.74) is -0.341. The number of hydrogen-bond acceptors (Lipinski definition) is 5. The minimum Gasteiger partial charge on any atom is -0.465 e. The quantitative estimate of drug-likeness (QED) is 0.786. The molecule has 0 amide bonds. The summed E-state index contributed by atoms with van der Waals surface area (Å²) in [4.78, 5) is 11.5. The van der Waals surface area contributed by atoms with Gasteiger partial charge >= 0.3 is 5.97 Å². The Morgan fingerprint density at radius 2 is 2.00 bits per heavy atom. The van der Waals surface area contributed by atoms with Gasteiger partial charge in [0.05, 0.1) is 29.7 Å². The lowest BCUT2D eigenvalue weighted by molar-refractivity contribution is 0.0600. The molecule has 7 heteroatoms. The first-order valence-electron chi connectivity index (χ1n) is 5.97. The number of methoxy groups -OCH3 is 1. The van der Waals surface area contributed by atoms with E-state index in [9.17, 15) is 13.2 Å². The SMILES string of the molecule is COC(=O)c1ccc(C)c(S(=O)(=O)NC(C)(C)CO)c1. The fourth-order valence-electron chi connectivity index (χ4n) is 1.59. The van der Waals surface area contributed by atoms with Crippen molar-refractivity contribution in [2.75, 3.05) is 13.7 Å². The van der Waals surface area contributed by atoms with Crippen molar-refractivity contribution in [3.63, 3.8) is 0 Å². The molecule has 0 aliphatic heterocycles. The highest BCUT2D eigenvalue weighted by Gasteiger charge is 2.27. The smallest absolute Gasteiger partial charge is 0.337 e. The number of benzene rings is 1. The number of hydrogen-bond donors (Lipinski definition) is 2. The van der Waals surface area contributed by atoms with Crippen LogP contribution in [0.2, 0.25) is 0 Å². The van der Waals surface area contributed by atoms with Crippen LogP contribution in [0.1, 0.15) is 29.8 Å². The average Bonchev–Trinajstić information content (AvgIpc) is 2.37. The molecule has 0 fully saturated rings. The lowest BCUT2D eigenvalue weighted by Crippen LogP contribution is -2.46. The van der Waals surface area contributed by atoms with Crippen molar-refractivity contribution in [2.24, 2.45) is 0 Å². The van der Waals surface area contributed by atoms with E-state index in [2.05, 4.69) is 9.46 Å². The molecule has 0 bridgehead atoms. The van der Waals surface area contributed by atoms with Gasteiger partial charge in [0.15, 0.2) is 0 Å². The summed E-state index contributed by atoms with van der Waals surface area (Å²) < 4.78 is 31.6. The number of aliphatic hydroxyl groups excluding tert-OH is 1. The second-order valence-electron chi connectivity index (χ2n) is 5.12. The van der Waals surface area contributed by atoms with Crippen molar-refractivity contribution in [3.05, 3.63) is 29.3 Å². The Labute approximate surface area is 118 Å². The largest absolute Gasteiger partial charge is 0.465 e. The number of aryl methyl sites for hydroxylation is 1. The first-order chi connectivity index (χ1) is 9.13. The summed E-state index contributed by atoms with van der Waals surface area (Å²) in [6.45, 7) is 4.40. The van der Waals surface area contributed by atoms with E-state index in [1.54, 1.807) is 20.8 Å².